The van der Waals surface area contributed by atoms with Crippen LogP contribution in [-0.4, -0.2) is 35.0 Å². The highest BCUT2D eigenvalue weighted by molar-refractivity contribution is 5.86. The maximum absolute atomic E-state index is 13.1. The van der Waals surface area contributed by atoms with Crippen molar-refractivity contribution in [1.82, 2.24) is 4.90 Å². The Balaban J connectivity index is 1.57. The first-order valence-electron chi connectivity index (χ1n) is 8.25. The van der Waals surface area contributed by atoms with Gasteiger partial charge in [0.05, 0.1) is 11.3 Å². The normalized spacial score (nSPS) is 48.3. The molecule has 0 aromatic heterocycles. The topological polar surface area (TPSA) is 57.6 Å². The van der Waals surface area contributed by atoms with Gasteiger partial charge in [0, 0.05) is 13.1 Å². The van der Waals surface area contributed by atoms with Crippen LogP contribution in [0.25, 0.3) is 0 Å². The predicted molar refractivity (Wildman–Crippen MR) is 77.5 cm³/mol. The van der Waals surface area contributed by atoms with Crippen LogP contribution in [0, 0.1) is 28.1 Å². The molecule has 2 unspecified atom stereocenters. The summed E-state index contributed by atoms with van der Waals surface area (Å²) in [5.74, 6) is -0.129. The molecule has 0 radical (unpaired) electrons. The molecule has 4 saturated carbocycles. The number of nitrogens with zero attached hydrogens (tertiary/aromatic N) is 1. The van der Waals surface area contributed by atoms with Crippen molar-refractivity contribution in [2.24, 2.45) is 28.1 Å². The van der Waals surface area contributed by atoms with Gasteiger partial charge in [0.15, 0.2) is 0 Å². The van der Waals surface area contributed by atoms with Crippen molar-refractivity contribution in [3.63, 3.8) is 0 Å². The molecular weight excluding hydrogens is 266 g/mol. The third-order valence-electron chi connectivity index (χ3n) is 6.60. The van der Waals surface area contributed by atoms with Crippen LogP contribution in [0.2, 0.25) is 0 Å². The van der Waals surface area contributed by atoms with Gasteiger partial charge in [-0.1, -0.05) is 13.8 Å². The van der Waals surface area contributed by atoms with E-state index in [1.165, 1.54) is 19.3 Å². The summed E-state index contributed by atoms with van der Waals surface area (Å²) >= 11 is 0. The minimum Gasteiger partial charge on any atom is -0.481 e. The van der Waals surface area contributed by atoms with E-state index in [1.54, 1.807) is 0 Å². The van der Waals surface area contributed by atoms with Gasteiger partial charge in [0.2, 0.25) is 5.91 Å². The minimum atomic E-state index is -0.761. The molecule has 4 heteroatoms. The molecule has 21 heavy (non-hydrogen) atoms. The molecule has 0 spiro atoms. The van der Waals surface area contributed by atoms with Crippen molar-refractivity contribution in [3.8, 4) is 0 Å². The van der Waals surface area contributed by atoms with E-state index in [1.807, 2.05) is 4.90 Å². The fourth-order valence-corrected chi connectivity index (χ4v) is 6.82. The van der Waals surface area contributed by atoms with Crippen molar-refractivity contribution >= 4 is 11.9 Å². The summed E-state index contributed by atoms with van der Waals surface area (Å²) in [6, 6.07) is 0. The summed E-state index contributed by atoms with van der Waals surface area (Å²) in [4.78, 5) is 25.8. The zero-order chi connectivity index (χ0) is 15.0. The first-order chi connectivity index (χ1) is 9.73. The predicted octanol–water partition coefficient (Wildman–Crippen LogP) is 2.53. The second kappa shape index (κ2) is 3.82. The number of carboxylic acid groups (broad SMARTS) is 1. The second-order valence-corrected chi connectivity index (χ2v) is 9.16. The molecule has 2 atom stereocenters. The lowest BCUT2D eigenvalue weighted by molar-refractivity contribution is -0.186. The van der Waals surface area contributed by atoms with Crippen molar-refractivity contribution in [1.29, 1.82) is 0 Å². The molecule has 0 aromatic rings. The van der Waals surface area contributed by atoms with E-state index < -0.39 is 5.97 Å². The average molecular weight is 291 g/mol. The molecule has 4 bridgehead atoms. The van der Waals surface area contributed by atoms with E-state index in [-0.39, 0.29) is 17.2 Å². The number of aliphatic carboxylic acids is 1. The fourth-order valence-electron chi connectivity index (χ4n) is 6.82. The maximum Gasteiger partial charge on any atom is 0.310 e. The van der Waals surface area contributed by atoms with E-state index in [9.17, 15) is 9.59 Å². The monoisotopic (exact) mass is 291 g/mol. The van der Waals surface area contributed by atoms with E-state index in [4.69, 9.17) is 5.11 Å². The van der Waals surface area contributed by atoms with Gasteiger partial charge >= 0.3 is 5.97 Å². The summed E-state index contributed by atoms with van der Waals surface area (Å²) in [6.45, 7) is 5.59. The third kappa shape index (κ3) is 1.87. The average Bonchev–Trinajstić information content (AvgIpc) is 2.20. The Kier molecular flexibility index (Phi) is 2.47. The Morgan fingerprint density at radius 2 is 1.57 bits per heavy atom. The Morgan fingerprint density at radius 3 is 2.05 bits per heavy atom. The smallest absolute Gasteiger partial charge is 0.310 e. The Bertz CT molecular complexity index is 504. The molecule has 1 aliphatic heterocycles. The number of likely N-dealkylation sites (tertiary alicyclic amines) is 1. The molecule has 116 valence electrons. The summed E-state index contributed by atoms with van der Waals surface area (Å²) < 4.78 is 0. The molecule has 0 aromatic carbocycles. The van der Waals surface area contributed by atoms with Crippen LogP contribution in [0.4, 0.5) is 0 Å². The lowest BCUT2D eigenvalue weighted by atomic mass is 9.40. The molecule has 5 aliphatic rings. The quantitative estimate of drug-likeness (QED) is 0.850. The number of carboxylic acids is 1. The van der Waals surface area contributed by atoms with Crippen LogP contribution in [-0.2, 0) is 9.59 Å². The van der Waals surface area contributed by atoms with Gasteiger partial charge in [-0.25, -0.2) is 0 Å². The standard InChI is InChI=1S/C17H25NO3/c1-15-3-11-4-16(2,8-15)10-17(5-11,9-15)14(21)18-6-12(7-18)13(19)20/h11-12H,3-10H2,1-2H3,(H,19,20). The molecule has 1 amide bonds. The SMILES string of the molecule is CC12CC3CC(C)(C1)CC(C(=O)N1CC(C(=O)O)C1)(C3)C2. The van der Waals surface area contributed by atoms with Crippen LogP contribution in [0.3, 0.4) is 0 Å². The third-order valence-corrected chi connectivity index (χ3v) is 6.60. The molecular formula is C17H25NO3. The highest BCUT2D eigenvalue weighted by Crippen LogP contribution is 2.70. The van der Waals surface area contributed by atoms with Crippen LogP contribution in [0.15, 0.2) is 0 Å². The zero-order valence-corrected chi connectivity index (χ0v) is 13.0. The largest absolute Gasteiger partial charge is 0.481 e. The molecule has 5 fully saturated rings. The van der Waals surface area contributed by atoms with Gasteiger partial charge in [-0.15, -0.1) is 0 Å². The van der Waals surface area contributed by atoms with E-state index in [0.29, 0.717) is 29.8 Å². The van der Waals surface area contributed by atoms with Crippen molar-refractivity contribution in [2.45, 2.75) is 52.4 Å². The van der Waals surface area contributed by atoms with E-state index in [2.05, 4.69) is 13.8 Å². The summed E-state index contributed by atoms with van der Waals surface area (Å²) in [6.07, 6.45) is 6.94. The van der Waals surface area contributed by atoms with Crippen LogP contribution < -0.4 is 0 Å². The first kappa shape index (κ1) is 13.6. The summed E-state index contributed by atoms with van der Waals surface area (Å²) in [5.41, 5.74) is 0.494. The zero-order valence-electron chi connectivity index (χ0n) is 13.0. The molecule has 5 rings (SSSR count). The number of hydrogen-bond donors (Lipinski definition) is 1. The van der Waals surface area contributed by atoms with Gasteiger partial charge in [-0.2, -0.15) is 0 Å². The Labute approximate surface area is 125 Å². The molecule has 1 saturated heterocycles. The van der Waals surface area contributed by atoms with Gasteiger partial charge in [0.25, 0.3) is 0 Å². The van der Waals surface area contributed by atoms with Crippen LogP contribution in [0.5, 0.6) is 0 Å². The number of amides is 1. The van der Waals surface area contributed by atoms with E-state index in [0.717, 1.165) is 19.3 Å². The molecule has 1 heterocycles. The van der Waals surface area contributed by atoms with Crippen LogP contribution >= 0.6 is 0 Å². The second-order valence-electron chi connectivity index (χ2n) is 9.16. The number of rotatable bonds is 2. The van der Waals surface area contributed by atoms with Crippen molar-refractivity contribution in [3.05, 3.63) is 0 Å². The maximum atomic E-state index is 13.1. The summed E-state index contributed by atoms with van der Waals surface area (Å²) in [7, 11) is 0. The number of carbonyl (C=O) groups is 2. The number of hydrogen-bond acceptors (Lipinski definition) is 2. The van der Waals surface area contributed by atoms with Crippen LogP contribution in [0.1, 0.15) is 52.4 Å². The highest BCUT2D eigenvalue weighted by Gasteiger charge is 2.63. The van der Waals surface area contributed by atoms with Gasteiger partial charge in [-0.3, -0.25) is 9.59 Å². The molecule has 1 N–H and O–H groups in total. The lowest BCUT2D eigenvalue weighted by Gasteiger charge is -2.65. The first-order valence-corrected chi connectivity index (χ1v) is 8.25. The minimum absolute atomic E-state index is 0.174. The Morgan fingerprint density at radius 1 is 1.00 bits per heavy atom. The van der Waals surface area contributed by atoms with Crippen molar-refractivity contribution < 1.29 is 14.7 Å². The molecule has 4 aliphatic carbocycles. The number of carbonyl (C=O) groups excluding carboxylic acids is 1. The van der Waals surface area contributed by atoms with Gasteiger partial charge < -0.3 is 10.0 Å². The lowest BCUT2D eigenvalue weighted by Crippen LogP contribution is -2.64. The highest BCUT2D eigenvalue weighted by atomic mass is 16.4. The molecule has 4 nitrogen and oxygen atoms in total. The summed E-state index contributed by atoms with van der Waals surface area (Å²) in [5, 5.41) is 9.01. The van der Waals surface area contributed by atoms with Crippen molar-refractivity contribution in [2.75, 3.05) is 13.1 Å². The Hall–Kier alpha value is -1.06. The van der Waals surface area contributed by atoms with Gasteiger partial charge in [0.1, 0.15) is 0 Å². The van der Waals surface area contributed by atoms with E-state index >= 15 is 0 Å². The van der Waals surface area contributed by atoms with Gasteiger partial charge in [-0.05, 0) is 55.3 Å². The fraction of sp³-hybridized carbons (Fsp3) is 0.882.